The van der Waals surface area contributed by atoms with Crippen LogP contribution in [-0.2, 0) is 6.61 Å². The molecule has 3 aromatic heterocycles. The maximum Gasteiger partial charge on any atom is 0.182 e. The molecule has 5 aromatic rings. The second-order valence-electron chi connectivity index (χ2n) is 6.79. The summed E-state index contributed by atoms with van der Waals surface area (Å²) in [5.41, 5.74) is 5.22. The van der Waals surface area contributed by atoms with Crippen molar-refractivity contribution < 1.29 is 4.74 Å². The average molecular weight is 386 g/mol. The van der Waals surface area contributed by atoms with E-state index in [-0.39, 0.29) is 0 Å². The van der Waals surface area contributed by atoms with Crippen molar-refractivity contribution in [3.63, 3.8) is 0 Å². The summed E-state index contributed by atoms with van der Waals surface area (Å²) in [5.74, 6) is 1.66. The van der Waals surface area contributed by atoms with Gasteiger partial charge in [0.2, 0.25) is 0 Å². The Labute approximate surface area is 166 Å². The standard InChI is InChI=1S/C22H18N4OS/c1-14-4-3-5-15(2)19(14)27-12-16-6-8-17(9-7-16)20-24-21-18-10-11-28-22(18)23-13-26(21)25-20/h3-11,13H,12H2,1-2H3. The van der Waals surface area contributed by atoms with E-state index in [0.29, 0.717) is 12.4 Å². The fraction of sp³-hybridized carbons (Fsp3) is 0.136. The van der Waals surface area contributed by atoms with Crippen molar-refractivity contribution in [1.29, 1.82) is 0 Å². The molecule has 0 bridgehead atoms. The van der Waals surface area contributed by atoms with E-state index < -0.39 is 0 Å². The van der Waals surface area contributed by atoms with E-state index in [4.69, 9.17) is 9.72 Å². The molecule has 5 nitrogen and oxygen atoms in total. The monoisotopic (exact) mass is 386 g/mol. The topological polar surface area (TPSA) is 52.3 Å². The second kappa shape index (κ2) is 6.73. The molecule has 0 atom stereocenters. The van der Waals surface area contributed by atoms with E-state index in [0.717, 1.165) is 43.9 Å². The summed E-state index contributed by atoms with van der Waals surface area (Å²) in [4.78, 5) is 10.1. The summed E-state index contributed by atoms with van der Waals surface area (Å²) in [6.07, 6.45) is 1.72. The lowest BCUT2D eigenvalue weighted by Crippen LogP contribution is -1.98. The molecule has 0 aliphatic rings. The quantitative estimate of drug-likeness (QED) is 0.426. The number of rotatable bonds is 4. The van der Waals surface area contributed by atoms with Gasteiger partial charge in [0, 0.05) is 5.56 Å². The first-order valence-electron chi connectivity index (χ1n) is 9.06. The molecule has 0 aliphatic heterocycles. The van der Waals surface area contributed by atoms with Crippen molar-refractivity contribution >= 4 is 27.2 Å². The molecule has 2 aromatic carbocycles. The van der Waals surface area contributed by atoms with Crippen molar-refractivity contribution in [1.82, 2.24) is 19.6 Å². The molecule has 6 heteroatoms. The number of thiophene rings is 1. The zero-order chi connectivity index (χ0) is 19.1. The number of aryl methyl sites for hydroxylation is 2. The molecule has 0 saturated carbocycles. The Balaban J connectivity index is 1.40. The predicted molar refractivity (Wildman–Crippen MR) is 112 cm³/mol. The third-order valence-corrected chi connectivity index (χ3v) is 5.63. The highest BCUT2D eigenvalue weighted by molar-refractivity contribution is 7.16. The Kier molecular flexibility index (Phi) is 4.06. The van der Waals surface area contributed by atoms with Crippen LogP contribution in [0.5, 0.6) is 5.75 Å². The lowest BCUT2D eigenvalue weighted by molar-refractivity contribution is 0.302. The van der Waals surface area contributed by atoms with Gasteiger partial charge in [0.1, 0.15) is 23.5 Å². The Hall–Kier alpha value is -3.25. The van der Waals surface area contributed by atoms with E-state index in [1.165, 1.54) is 0 Å². The Morgan fingerprint density at radius 2 is 1.79 bits per heavy atom. The van der Waals surface area contributed by atoms with Crippen molar-refractivity contribution in [3.05, 3.63) is 76.9 Å². The lowest BCUT2D eigenvalue weighted by atomic mass is 10.1. The van der Waals surface area contributed by atoms with Crippen LogP contribution in [0.3, 0.4) is 0 Å². The van der Waals surface area contributed by atoms with Crippen LogP contribution in [0.4, 0.5) is 0 Å². The molecule has 5 rings (SSSR count). The molecule has 0 fully saturated rings. The van der Waals surface area contributed by atoms with Gasteiger partial charge in [0.15, 0.2) is 11.5 Å². The highest BCUT2D eigenvalue weighted by Crippen LogP contribution is 2.26. The van der Waals surface area contributed by atoms with Crippen LogP contribution < -0.4 is 4.74 Å². The third kappa shape index (κ3) is 2.92. The summed E-state index contributed by atoms with van der Waals surface area (Å²) in [5, 5.41) is 7.63. The van der Waals surface area contributed by atoms with Crippen LogP contribution in [0.1, 0.15) is 16.7 Å². The smallest absolute Gasteiger partial charge is 0.182 e. The van der Waals surface area contributed by atoms with Crippen molar-refractivity contribution in [2.24, 2.45) is 0 Å². The van der Waals surface area contributed by atoms with Gasteiger partial charge in [-0.1, -0.05) is 42.5 Å². The number of hydrogen-bond donors (Lipinski definition) is 0. The van der Waals surface area contributed by atoms with Gasteiger partial charge in [0.05, 0.1) is 5.39 Å². The van der Waals surface area contributed by atoms with Crippen molar-refractivity contribution in [2.75, 3.05) is 0 Å². The van der Waals surface area contributed by atoms with Crippen LogP contribution >= 0.6 is 11.3 Å². The molecule has 28 heavy (non-hydrogen) atoms. The summed E-state index contributed by atoms with van der Waals surface area (Å²) < 4.78 is 7.78. The first-order valence-corrected chi connectivity index (χ1v) is 9.94. The van der Waals surface area contributed by atoms with Gasteiger partial charge >= 0.3 is 0 Å². The van der Waals surface area contributed by atoms with E-state index >= 15 is 0 Å². The highest BCUT2D eigenvalue weighted by atomic mass is 32.1. The molecule has 0 aliphatic carbocycles. The first kappa shape index (κ1) is 16.9. The molecule has 0 unspecified atom stereocenters. The maximum atomic E-state index is 6.04. The first-order chi connectivity index (χ1) is 13.7. The van der Waals surface area contributed by atoms with E-state index in [1.54, 1.807) is 22.2 Å². The SMILES string of the molecule is Cc1cccc(C)c1OCc1ccc(-c2nc3c4ccsc4ncn3n2)cc1. The van der Waals surface area contributed by atoms with Gasteiger partial charge < -0.3 is 4.74 Å². The van der Waals surface area contributed by atoms with Crippen LogP contribution in [0.2, 0.25) is 0 Å². The second-order valence-corrected chi connectivity index (χ2v) is 7.69. The Morgan fingerprint density at radius 3 is 2.57 bits per heavy atom. The molecular formula is C22H18N4OS. The lowest BCUT2D eigenvalue weighted by Gasteiger charge is -2.12. The minimum atomic E-state index is 0.532. The molecule has 0 saturated heterocycles. The van der Waals surface area contributed by atoms with Crippen LogP contribution in [0, 0.1) is 13.8 Å². The normalized spacial score (nSPS) is 11.4. The minimum Gasteiger partial charge on any atom is -0.488 e. The summed E-state index contributed by atoms with van der Waals surface area (Å²) in [6.45, 7) is 4.67. The summed E-state index contributed by atoms with van der Waals surface area (Å²) >= 11 is 1.61. The highest BCUT2D eigenvalue weighted by Gasteiger charge is 2.11. The number of aromatic nitrogens is 4. The molecular weight excluding hydrogens is 368 g/mol. The van der Waals surface area contributed by atoms with Crippen LogP contribution in [0.15, 0.2) is 60.2 Å². The van der Waals surface area contributed by atoms with Gasteiger partial charge in [0.25, 0.3) is 0 Å². The van der Waals surface area contributed by atoms with Gasteiger partial charge in [-0.15, -0.1) is 16.4 Å². The summed E-state index contributed by atoms with van der Waals surface area (Å²) in [7, 11) is 0. The van der Waals surface area contributed by atoms with Crippen molar-refractivity contribution in [2.45, 2.75) is 20.5 Å². The molecule has 0 spiro atoms. The molecule has 138 valence electrons. The fourth-order valence-corrected chi connectivity index (χ4v) is 4.05. The van der Waals surface area contributed by atoms with Crippen molar-refractivity contribution in [3.8, 4) is 17.1 Å². The number of benzene rings is 2. The Morgan fingerprint density at radius 1 is 1.00 bits per heavy atom. The molecule has 0 radical (unpaired) electrons. The van der Waals surface area contributed by atoms with Crippen LogP contribution in [-0.4, -0.2) is 19.6 Å². The van der Waals surface area contributed by atoms with Gasteiger partial charge in [-0.25, -0.2) is 14.5 Å². The molecule has 3 heterocycles. The number of nitrogens with zero attached hydrogens (tertiary/aromatic N) is 4. The fourth-order valence-electron chi connectivity index (χ4n) is 3.32. The third-order valence-electron chi connectivity index (χ3n) is 4.81. The van der Waals surface area contributed by atoms with Gasteiger partial charge in [-0.05, 0) is 42.0 Å². The van der Waals surface area contributed by atoms with E-state index in [2.05, 4.69) is 48.2 Å². The number of hydrogen-bond acceptors (Lipinski definition) is 5. The molecule has 0 amide bonds. The number of para-hydroxylation sites is 1. The predicted octanol–water partition coefficient (Wildman–Crippen LogP) is 5.20. The maximum absolute atomic E-state index is 6.04. The number of ether oxygens (including phenoxy) is 1. The molecule has 0 N–H and O–H groups in total. The van der Waals surface area contributed by atoms with E-state index in [1.807, 2.05) is 29.6 Å². The van der Waals surface area contributed by atoms with Crippen LogP contribution in [0.25, 0.3) is 27.3 Å². The zero-order valence-corrected chi connectivity index (χ0v) is 16.4. The zero-order valence-electron chi connectivity index (χ0n) is 15.6. The van der Waals surface area contributed by atoms with E-state index in [9.17, 15) is 0 Å². The Bertz CT molecular complexity index is 1270. The minimum absolute atomic E-state index is 0.532. The summed E-state index contributed by atoms with van der Waals surface area (Å²) in [6, 6.07) is 16.4. The van der Waals surface area contributed by atoms with Gasteiger partial charge in [-0.2, -0.15) is 0 Å². The number of fused-ring (bicyclic) bond motifs is 3. The van der Waals surface area contributed by atoms with Gasteiger partial charge in [-0.3, -0.25) is 0 Å². The average Bonchev–Trinajstić information content (AvgIpc) is 3.34. The largest absolute Gasteiger partial charge is 0.488 e.